The highest BCUT2D eigenvalue weighted by Gasteiger charge is 2.35. The molecule has 0 saturated carbocycles. The maximum atomic E-state index is 14.9. The van der Waals surface area contributed by atoms with E-state index in [1.54, 1.807) is 6.07 Å². The Labute approximate surface area is 185 Å². The van der Waals surface area contributed by atoms with Crippen LogP contribution < -0.4 is 15.1 Å². The topological polar surface area (TPSA) is 110 Å². The minimum Gasteiger partial charge on any atom is -0.447 e. The van der Waals surface area contributed by atoms with E-state index >= 15 is 0 Å². The Morgan fingerprint density at radius 3 is 2.64 bits per heavy atom. The normalized spacial score (nSPS) is 17.9. The van der Waals surface area contributed by atoms with Crippen molar-refractivity contribution in [1.29, 1.82) is 0 Å². The Balaban J connectivity index is 1.32. The van der Waals surface area contributed by atoms with Gasteiger partial charge in [-0.3, -0.25) is 9.80 Å². The van der Waals surface area contributed by atoms with Crippen LogP contribution in [0.25, 0.3) is 11.1 Å². The van der Waals surface area contributed by atoms with Gasteiger partial charge in [-0.1, -0.05) is 5.16 Å². The van der Waals surface area contributed by atoms with Crippen LogP contribution in [0.5, 0.6) is 0 Å². The third-order valence-corrected chi connectivity index (χ3v) is 5.27. The number of cyclic esters (lactones) is 2. The minimum absolute atomic E-state index is 0.0293. The summed E-state index contributed by atoms with van der Waals surface area (Å²) >= 11 is 0. The molecule has 1 N–H and O–H groups in total. The van der Waals surface area contributed by atoms with Gasteiger partial charge in [0.05, 0.1) is 25.3 Å². The van der Waals surface area contributed by atoms with E-state index in [2.05, 4.69) is 15.5 Å². The van der Waals surface area contributed by atoms with Gasteiger partial charge in [0, 0.05) is 23.4 Å². The Hall–Kier alpha value is -4.22. The summed E-state index contributed by atoms with van der Waals surface area (Å²) in [5.41, 5.74) is 0.0543. The van der Waals surface area contributed by atoms with E-state index in [4.69, 9.17) is 14.0 Å². The molecule has 0 aliphatic carbocycles. The molecular weight excluding hydrogens is 440 g/mol. The van der Waals surface area contributed by atoms with Gasteiger partial charge in [0.1, 0.15) is 24.8 Å². The molecule has 1 aromatic carbocycles. The van der Waals surface area contributed by atoms with E-state index in [0.717, 1.165) is 4.90 Å². The summed E-state index contributed by atoms with van der Waals surface area (Å²) in [6, 6.07) is 7.33. The third-order valence-electron chi connectivity index (χ3n) is 5.27. The molecule has 2 aliphatic heterocycles. The van der Waals surface area contributed by atoms with Crippen LogP contribution in [-0.4, -0.2) is 54.7 Å². The molecule has 1 atom stereocenters. The molecule has 0 radical (unpaired) electrons. The molecular formula is C21H17F2N5O5. The van der Waals surface area contributed by atoms with Crippen molar-refractivity contribution in [2.45, 2.75) is 6.10 Å². The molecule has 5 rings (SSSR count). The highest BCUT2D eigenvalue weighted by molar-refractivity contribution is 5.91. The molecule has 2 aromatic heterocycles. The van der Waals surface area contributed by atoms with Gasteiger partial charge in [-0.15, -0.1) is 0 Å². The molecule has 4 heterocycles. The molecule has 33 heavy (non-hydrogen) atoms. The van der Waals surface area contributed by atoms with Crippen LogP contribution in [0, 0.1) is 11.6 Å². The summed E-state index contributed by atoms with van der Waals surface area (Å²) in [6.45, 7) is 0.880. The zero-order valence-electron chi connectivity index (χ0n) is 17.0. The zero-order chi connectivity index (χ0) is 22.9. The van der Waals surface area contributed by atoms with E-state index in [9.17, 15) is 18.4 Å². The number of nitrogens with zero attached hydrogens (tertiary/aromatic N) is 4. The smallest absolute Gasteiger partial charge is 0.415 e. The van der Waals surface area contributed by atoms with Crippen LogP contribution in [0.3, 0.4) is 0 Å². The fourth-order valence-electron chi connectivity index (χ4n) is 3.62. The number of rotatable bonds is 6. The molecule has 2 aliphatic rings. The predicted octanol–water partition coefficient (Wildman–Crippen LogP) is 3.41. The fraction of sp³-hybridized carbons (Fsp3) is 0.238. The number of halogens is 2. The average molecular weight is 457 g/mol. The lowest BCUT2D eigenvalue weighted by molar-refractivity contribution is 0.147. The van der Waals surface area contributed by atoms with Gasteiger partial charge in [0.25, 0.3) is 0 Å². The van der Waals surface area contributed by atoms with E-state index < -0.39 is 29.9 Å². The highest BCUT2D eigenvalue weighted by atomic mass is 19.2. The summed E-state index contributed by atoms with van der Waals surface area (Å²) in [5.74, 6) is -1.49. The van der Waals surface area contributed by atoms with Crippen molar-refractivity contribution < 1.29 is 32.4 Å². The van der Waals surface area contributed by atoms with Gasteiger partial charge >= 0.3 is 12.2 Å². The van der Waals surface area contributed by atoms with Crippen LogP contribution >= 0.6 is 0 Å². The van der Waals surface area contributed by atoms with Gasteiger partial charge in [0.15, 0.2) is 17.5 Å². The second kappa shape index (κ2) is 8.37. The van der Waals surface area contributed by atoms with Crippen molar-refractivity contribution in [2.24, 2.45) is 0 Å². The quantitative estimate of drug-likeness (QED) is 0.600. The molecule has 2 amide bonds. The standard InChI is InChI=1S/C21H17F2N5O5/c22-18-14(12-1-4-17(25-9-12)27-6-8-31-20(27)29)2-3-15(19(18)23)28-11-13(33-21(28)30)10-24-16-5-7-32-26-16/h1-5,7,9,13H,6,8,10-11H2,(H,24,26). The first-order valence-electron chi connectivity index (χ1n) is 10.0. The van der Waals surface area contributed by atoms with Gasteiger partial charge in [0.2, 0.25) is 0 Å². The number of anilines is 3. The lowest BCUT2D eigenvalue weighted by Gasteiger charge is -2.16. The first-order chi connectivity index (χ1) is 16.0. The Kier molecular flexibility index (Phi) is 5.24. The summed E-state index contributed by atoms with van der Waals surface area (Å²) in [6.07, 6.45) is 0.845. The second-order valence-corrected chi connectivity index (χ2v) is 7.31. The van der Waals surface area contributed by atoms with Gasteiger partial charge in [-0.2, -0.15) is 0 Å². The number of amides is 2. The predicted molar refractivity (Wildman–Crippen MR) is 111 cm³/mol. The van der Waals surface area contributed by atoms with E-state index in [0.29, 0.717) is 23.7 Å². The van der Waals surface area contributed by atoms with E-state index in [-0.39, 0.29) is 30.9 Å². The van der Waals surface area contributed by atoms with Gasteiger partial charge < -0.3 is 19.3 Å². The molecule has 0 spiro atoms. The Morgan fingerprint density at radius 1 is 1.06 bits per heavy atom. The molecule has 12 heteroatoms. The third kappa shape index (κ3) is 3.90. The number of hydrogen-bond donors (Lipinski definition) is 1. The zero-order valence-corrected chi connectivity index (χ0v) is 17.0. The van der Waals surface area contributed by atoms with Crippen LogP contribution in [0.15, 0.2) is 47.3 Å². The van der Waals surface area contributed by atoms with E-state index in [1.165, 1.54) is 41.6 Å². The number of aromatic nitrogens is 2. The van der Waals surface area contributed by atoms with Crippen molar-refractivity contribution in [3.05, 3.63) is 54.4 Å². The Bertz CT molecular complexity index is 1190. The highest BCUT2D eigenvalue weighted by Crippen LogP contribution is 2.33. The number of hydrogen-bond acceptors (Lipinski definition) is 8. The lowest BCUT2D eigenvalue weighted by Crippen LogP contribution is -2.28. The summed E-state index contributed by atoms with van der Waals surface area (Å²) in [5, 5.41) is 6.62. The van der Waals surface area contributed by atoms with Crippen LogP contribution in [0.2, 0.25) is 0 Å². The van der Waals surface area contributed by atoms with Crippen molar-refractivity contribution in [3.63, 3.8) is 0 Å². The second-order valence-electron chi connectivity index (χ2n) is 7.31. The summed E-state index contributed by atoms with van der Waals surface area (Å²) < 4.78 is 44.7. The maximum Gasteiger partial charge on any atom is 0.415 e. The number of carbonyl (C=O) groups is 2. The molecule has 2 fully saturated rings. The van der Waals surface area contributed by atoms with Crippen molar-refractivity contribution >= 4 is 29.5 Å². The van der Waals surface area contributed by atoms with Crippen LogP contribution in [0.4, 0.5) is 35.7 Å². The van der Waals surface area contributed by atoms with E-state index in [1.807, 2.05) is 0 Å². The van der Waals surface area contributed by atoms with Gasteiger partial charge in [-0.05, 0) is 24.3 Å². The first kappa shape index (κ1) is 20.7. The minimum atomic E-state index is -1.18. The van der Waals surface area contributed by atoms with Crippen molar-refractivity contribution in [1.82, 2.24) is 10.1 Å². The largest absolute Gasteiger partial charge is 0.447 e. The molecule has 0 bridgehead atoms. The molecule has 170 valence electrons. The number of benzene rings is 1. The molecule has 3 aromatic rings. The number of ether oxygens (including phenoxy) is 2. The van der Waals surface area contributed by atoms with Crippen LogP contribution in [0.1, 0.15) is 0 Å². The molecule has 1 unspecified atom stereocenters. The van der Waals surface area contributed by atoms with Crippen LogP contribution in [-0.2, 0) is 9.47 Å². The average Bonchev–Trinajstić information content (AvgIpc) is 3.56. The molecule has 10 nitrogen and oxygen atoms in total. The molecule has 2 saturated heterocycles. The number of pyridine rings is 1. The van der Waals surface area contributed by atoms with Crippen molar-refractivity contribution in [3.8, 4) is 11.1 Å². The number of carbonyl (C=O) groups excluding carboxylic acids is 2. The maximum absolute atomic E-state index is 14.9. The summed E-state index contributed by atoms with van der Waals surface area (Å²) in [7, 11) is 0. The Morgan fingerprint density at radius 2 is 1.94 bits per heavy atom. The summed E-state index contributed by atoms with van der Waals surface area (Å²) in [4.78, 5) is 30.4. The SMILES string of the molecule is O=C1OCCN1c1ccc(-c2ccc(N3CC(CNc4ccon4)OC3=O)c(F)c2F)cn1. The fourth-order valence-corrected chi connectivity index (χ4v) is 3.62. The lowest BCUT2D eigenvalue weighted by atomic mass is 10.1. The van der Waals surface area contributed by atoms with Gasteiger partial charge in [-0.25, -0.2) is 23.4 Å². The van der Waals surface area contributed by atoms with Crippen molar-refractivity contribution in [2.75, 3.05) is 41.4 Å². The number of nitrogens with one attached hydrogen (secondary N) is 1. The monoisotopic (exact) mass is 457 g/mol. The first-order valence-corrected chi connectivity index (χ1v) is 10.0.